The van der Waals surface area contributed by atoms with E-state index in [4.69, 9.17) is 0 Å². The summed E-state index contributed by atoms with van der Waals surface area (Å²) in [5, 5.41) is 3.59. The molecule has 1 aromatic heterocycles. The van der Waals surface area contributed by atoms with Crippen LogP contribution >= 0.6 is 27.3 Å². The minimum Gasteiger partial charge on any atom is -0.309 e. The van der Waals surface area contributed by atoms with Crippen LogP contribution in [0.1, 0.15) is 29.8 Å². The second-order valence-corrected chi connectivity index (χ2v) is 6.08. The van der Waals surface area contributed by atoms with E-state index in [0.717, 1.165) is 23.9 Å². The van der Waals surface area contributed by atoms with Crippen molar-refractivity contribution in [3.63, 3.8) is 0 Å². The van der Waals surface area contributed by atoms with Crippen molar-refractivity contribution in [1.82, 2.24) is 10.3 Å². The van der Waals surface area contributed by atoms with Crippen molar-refractivity contribution in [2.24, 2.45) is 0 Å². The molecule has 96 valence electrons. The fraction of sp³-hybridized carbons (Fsp3) is 0.357. The second kappa shape index (κ2) is 7.02. The van der Waals surface area contributed by atoms with Gasteiger partial charge in [-0.2, -0.15) is 0 Å². The number of hydrogen-bond acceptors (Lipinski definition) is 3. The van der Waals surface area contributed by atoms with E-state index in [0.29, 0.717) is 6.04 Å². The van der Waals surface area contributed by atoms with Crippen molar-refractivity contribution in [1.29, 1.82) is 0 Å². The van der Waals surface area contributed by atoms with Crippen molar-refractivity contribution in [3.05, 3.63) is 50.9 Å². The summed E-state index contributed by atoms with van der Waals surface area (Å²) < 4.78 is 1.14. The largest absolute Gasteiger partial charge is 0.309 e. The molecule has 0 saturated carbocycles. The van der Waals surface area contributed by atoms with E-state index in [-0.39, 0.29) is 0 Å². The predicted molar refractivity (Wildman–Crippen MR) is 81.0 cm³/mol. The Morgan fingerprint density at radius 2 is 2.33 bits per heavy atom. The van der Waals surface area contributed by atoms with E-state index in [1.807, 2.05) is 11.7 Å². The number of hydrogen-bond donors (Lipinski definition) is 1. The maximum absolute atomic E-state index is 4.18. The number of nitrogens with zero attached hydrogens (tertiary/aromatic N) is 1. The normalized spacial score (nSPS) is 12.6. The molecule has 2 aromatic rings. The molecule has 0 bridgehead atoms. The molecule has 1 N–H and O–H groups in total. The molecule has 0 aliphatic rings. The van der Waals surface area contributed by atoms with Crippen molar-refractivity contribution in [2.75, 3.05) is 6.54 Å². The Kier molecular flexibility index (Phi) is 5.35. The SMILES string of the molecule is CCCNC(Cc1cccc(Br)c1)c1cncs1. The van der Waals surface area contributed by atoms with Crippen LogP contribution in [0, 0.1) is 0 Å². The number of thiazole rings is 1. The smallest absolute Gasteiger partial charge is 0.0794 e. The van der Waals surface area contributed by atoms with Crippen LogP contribution in [-0.2, 0) is 6.42 Å². The van der Waals surface area contributed by atoms with Gasteiger partial charge in [0.25, 0.3) is 0 Å². The van der Waals surface area contributed by atoms with Crippen LogP contribution in [0.2, 0.25) is 0 Å². The van der Waals surface area contributed by atoms with Gasteiger partial charge >= 0.3 is 0 Å². The zero-order valence-electron chi connectivity index (χ0n) is 10.4. The van der Waals surface area contributed by atoms with Crippen LogP contribution in [0.15, 0.2) is 40.4 Å². The fourth-order valence-corrected chi connectivity index (χ4v) is 3.03. The van der Waals surface area contributed by atoms with E-state index < -0.39 is 0 Å². The van der Waals surface area contributed by atoms with Crippen molar-refractivity contribution in [3.8, 4) is 0 Å². The molecule has 0 aliphatic carbocycles. The number of nitrogens with one attached hydrogen (secondary N) is 1. The molecule has 1 aromatic carbocycles. The van der Waals surface area contributed by atoms with E-state index in [9.17, 15) is 0 Å². The van der Waals surface area contributed by atoms with Gasteiger partial charge in [-0.1, -0.05) is 35.0 Å². The molecule has 2 nitrogen and oxygen atoms in total. The molecule has 1 unspecified atom stereocenters. The number of halogens is 1. The lowest BCUT2D eigenvalue weighted by Crippen LogP contribution is -2.23. The topological polar surface area (TPSA) is 24.9 Å². The Hall–Kier alpha value is -0.710. The van der Waals surface area contributed by atoms with Gasteiger partial charge in [-0.3, -0.25) is 4.98 Å². The maximum Gasteiger partial charge on any atom is 0.0794 e. The highest BCUT2D eigenvalue weighted by Gasteiger charge is 2.13. The minimum atomic E-state index is 0.367. The maximum atomic E-state index is 4.18. The van der Waals surface area contributed by atoms with Gasteiger partial charge in [0, 0.05) is 21.6 Å². The average molecular weight is 325 g/mol. The third-order valence-electron chi connectivity index (χ3n) is 2.76. The van der Waals surface area contributed by atoms with Gasteiger partial charge in [0.05, 0.1) is 5.51 Å². The Morgan fingerprint density at radius 3 is 3.00 bits per heavy atom. The molecule has 0 aliphatic heterocycles. The molecule has 0 spiro atoms. The van der Waals surface area contributed by atoms with Crippen molar-refractivity contribution in [2.45, 2.75) is 25.8 Å². The lowest BCUT2D eigenvalue weighted by atomic mass is 10.1. The molecule has 0 saturated heterocycles. The molecule has 0 fully saturated rings. The first-order valence-electron chi connectivity index (χ1n) is 6.16. The van der Waals surface area contributed by atoms with Crippen LogP contribution in [0.3, 0.4) is 0 Å². The highest BCUT2D eigenvalue weighted by molar-refractivity contribution is 9.10. The Balaban J connectivity index is 2.10. The summed E-state index contributed by atoms with van der Waals surface area (Å²) in [6.45, 7) is 3.23. The summed E-state index contributed by atoms with van der Waals surface area (Å²) in [6, 6.07) is 8.87. The van der Waals surface area contributed by atoms with E-state index in [2.05, 4.69) is 57.4 Å². The molecular formula is C14H17BrN2S. The first-order valence-corrected chi connectivity index (χ1v) is 7.83. The Bertz CT molecular complexity index is 470. The molecule has 0 radical (unpaired) electrons. The van der Waals surface area contributed by atoms with Crippen LogP contribution in [0.5, 0.6) is 0 Å². The second-order valence-electron chi connectivity index (χ2n) is 4.24. The van der Waals surface area contributed by atoms with Crippen molar-refractivity contribution < 1.29 is 0 Å². The quantitative estimate of drug-likeness (QED) is 0.861. The molecule has 18 heavy (non-hydrogen) atoms. The molecule has 1 heterocycles. The summed E-state index contributed by atoms with van der Waals surface area (Å²) in [5.41, 5.74) is 3.24. The minimum absolute atomic E-state index is 0.367. The van der Waals surface area contributed by atoms with E-state index in [1.54, 1.807) is 11.3 Å². The Morgan fingerprint density at radius 1 is 1.44 bits per heavy atom. The summed E-state index contributed by atoms with van der Waals surface area (Å²) in [5.74, 6) is 0. The average Bonchev–Trinajstić information content (AvgIpc) is 2.88. The standard InChI is InChI=1S/C14H17BrN2S/c1-2-6-17-13(14-9-16-10-18-14)8-11-4-3-5-12(15)7-11/h3-5,7,9-10,13,17H,2,6,8H2,1H3. The number of rotatable bonds is 6. The summed E-state index contributed by atoms with van der Waals surface area (Å²) in [4.78, 5) is 5.49. The van der Waals surface area contributed by atoms with Gasteiger partial charge < -0.3 is 5.32 Å². The summed E-state index contributed by atoms with van der Waals surface area (Å²) in [6.07, 6.45) is 4.12. The van der Waals surface area contributed by atoms with Crippen LogP contribution < -0.4 is 5.32 Å². The highest BCUT2D eigenvalue weighted by atomic mass is 79.9. The lowest BCUT2D eigenvalue weighted by molar-refractivity contribution is 0.536. The van der Waals surface area contributed by atoms with Crippen LogP contribution in [0.4, 0.5) is 0 Å². The van der Waals surface area contributed by atoms with Crippen LogP contribution in [0.25, 0.3) is 0 Å². The monoisotopic (exact) mass is 324 g/mol. The number of aromatic nitrogens is 1. The van der Waals surface area contributed by atoms with E-state index >= 15 is 0 Å². The highest BCUT2D eigenvalue weighted by Crippen LogP contribution is 2.23. The van der Waals surface area contributed by atoms with Crippen LogP contribution in [-0.4, -0.2) is 11.5 Å². The van der Waals surface area contributed by atoms with E-state index in [1.165, 1.54) is 10.4 Å². The summed E-state index contributed by atoms with van der Waals surface area (Å²) >= 11 is 5.24. The van der Waals surface area contributed by atoms with Gasteiger partial charge in [0.15, 0.2) is 0 Å². The van der Waals surface area contributed by atoms with Gasteiger partial charge in [-0.05, 0) is 37.1 Å². The molecule has 2 rings (SSSR count). The first kappa shape index (κ1) is 13.7. The van der Waals surface area contributed by atoms with Gasteiger partial charge in [0.1, 0.15) is 0 Å². The van der Waals surface area contributed by atoms with Gasteiger partial charge in [0.2, 0.25) is 0 Å². The fourth-order valence-electron chi connectivity index (χ4n) is 1.89. The number of benzene rings is 1. The third kappa shape index (κ3) is 3.90. The lowest BCUT2D eigenvalue weighted by Gasteiger charge is -2.17. The molecular weight excluding hydrogens is 308 g/mol. The summed E-state index contributed by atoms with van der Waals surface area (Å²) in [7, 11) is 0. The molecule has 4 heteroatoms. The molecule has 1 atom stereocenters. The third-order valence-corrected chi connectivity index (χ3v) is 4.15. The first-order chi connectivity index (χ1) is 8.79. The zero-order chi connectivity index (χ0) is 12.8. The Labute approximate surface area is 121 Å². The van der Waals surface area contributed by atoms with Crippen molar-refractivity contribution >= 4 is 27.3 Å². The van der Waals surface area contributed by atoms with Gasteiger partial charge in [-0.15, -0.1) is 11.3 Å². The van der Waals surface area contributed by atoms with Gasteiger partial charge in [-0.25, -0.2) is 0 Å². The predicted octanol–water partition coefficient (Wildman–Crippen LogP) is 4.19. The molecule has 0 amide bonds. The zero-order valence-corrected chi connectivity index (χ0v) is 12.8.